The Labute approximate surface area is 193 Å². The van der Waals surface area contributed by atoms with Gasteiger partial charge in [-0.15, -0.1) is 0 Å². The molecule has 3 amide bonds. The summed E-state index contributed by atoms with van der Waals surface area (Å²) in [6.07, 6.45) is 0.810. The second-order valence-corrected chi connectivity index (χ2v) is 8.37. The predicted molar refractivity (Wildman–Crippen MR) is 124 cm³/mol. The van der Waals surface area contributed by atoms with Gasteiger partial charge in [0, 0.05) is 22.3 Å². The Morgan fingerprint density at radius 3 is 2.41 bits per heavy atom. The Kier molecular flexibility index (Phi) is 5.99. The zero-order valence-electron chi connectivity index (χ0n) is 17.2. The molecule has 4 rings (SSSR count). The number of hydrogen-bond donors (Lipinski definition) is 3. The van der Waals surface area contributed by atoms with E-state index in [1.807, 2.05) is 19.1 Å². The molecular weight excluding hydrogens is 477 g/mol. The molecule has 1 heterocycles. The third-order valence-electron chi connectivity index (χ3n) is 5.41. The van der Waals surface area contributed by atoms with E-state index in [-0.39, 0.29) is 17.9 Å². The van der Waals surface area contributed by atoms with E-state index in [0.717, 1.165) is 16.9 Å². The molecule has 32 heavy (non-hydrogen) atoms. The third-order valence-corrected chi connectivity index (χ3v) is 5.90. The van der Waals surface area contributed by atoms with Crippen molar-refractivity contribution in [1.29, 1.82) is 0 Å². The minimum absolute atomic E-state index is 0.0506. The fourth-order valence-corrected chi connectivity index (χ4v) is 4.03. The molecule has 1 aliphatic rings. The fourth-order valence-electron chi connectivity index (χ4n) is 3.67. The van der Waals surface area contributed by atoms with Crippen LogP contribution in [0.3, 0.4) is 0 Å². The first-order chi connectivity index (χ1) is 15.3. The van der Waals surface area contributed by atoms with Crippen LogP contribution in [0.5, 0.6) is 0 Å². The number of urea groups is 1. The number of hydrogen-bond acceptors (Lipinski definition) is 3. The summed E-state index contributed by atoms with van der Waals surface area (Å²) < 4.78 is 13.8. The molecule has 0 aliphatic carbocycles. The van der Waals surface area contributed by atoms with Gasteiger partial charge < -0.3 is 15.7 Å². The summed E-state index contributed by atoms with van der Waals surface area (Å²) in [5.41, 5.74) is 0.317. The lowest BCUT2D eigenvalue weighted by molar-refractivity contribution is -0.140. The molecule has 3 aromatic rings. The Morgan fingerprint density at radius 2 is 1.75 bits per heavy atom. The van der Waals surface area contributed by atoms with Crippen LogP contribution in [0.4, 0.5) is 20.6 Å². The molecule has 3 N–H and O–H groups in total. The van der Waals surface area contributed by atoms with Gasteiger partial charge in [-0.2, -0.15) is 0 Å². The molecule has 1 unspecified atom stereocenters. The van der Waals surface area contributed by atoms with Crippen LogP contribution >= 0.6 is 15.9 Å². The quantitative estimate of drug-likeness (QED) is 0.479. The SMILES string of the molecule is CCc1ccc(N2C(=O)Nc3ccc(Br)cc3C2(O)C(=O)NCc2ccc(F)cc2)cc1. The van der Waals surface area contributed by atoms with Gasteiger partial charge in [0.05, 0.1) is 5.69 Å². The normalized spacial score (nSPS) is 17.5. The van der Waals surface area contributed by atoms with E-state index in [4.69, 9.17) is 0 Å². The average molecular weight is 498 g/mol. The van der Waals surface area contributed by atoms with Crippen molar-refractivity contribution in [2.24, 2.45) is 0 Å². The Balaban J connectivity index is 1.76. The van der Waals surface area contributed by atoms with Crippen molar-refractivity contribution in [2.45, 2.75) is 25.6 Å². The highest BCUT2D eigenvalue weighted by molar-refractivity contribution is 9.10. The Hall–Kier alpha value is -3.23. The number of carbonyl (C=O) groups excluding carboxylic acids is 2. The average Bonchev–Trinajstić information content (AvgIpc) is 2.79. The standard InChI is InChI=1S/C24H21BrFN3O3/c1-2-15-5-10-19(11-6-15)29-23(31)28-21-12-7-17(25)13-20(21)24(29,32)22(30)27-14-16-3-8-18(26)9-4-16/h3-13,32H,2,14H2,1H3,(H,27,30)(H,28,31). The molecule has 164 valence electrons. The molecule has 0 fully saturated rings. The minimum Gasteiger partial charge on any atom is -0.359 e. The molecule has 0 radical (unpaired) electrons. The van der Waals surface area contributed by atoms with Crippen molar-refractivity contribution >= 4 is 39.2 Å². The van der Waals surface area contributed by atoms with Crippen LogP contribution in [-0.2, 0) is 23.5 Å². The highest BCUT2D eigenvalue weighted by Gasteiger charge is 2.52. The van der Waals surface area contributed by atoms with E-state index in [0.29, 0.717) is 21.4 Å². The molecule has 3 aromatic carbocycles. The van der Waals surface area contributed by atoms with Gasteiger partial charge in [-0.25, -0.2) is 9.18 Å². The van der Waals surface area contributed by atoms with Gasteiger partial charge >= 0.3 is 6.03 Å². The first-order valence-electron chi connectivity index (χ1n) is 10.1. The molecule has 0 aromatic heterocycles. The molecule has 0 saturated carbocycles. The van der Waals surface area contributed by atoms with Crippen molar-refractivity contribution in [2.75, 3.05) is 10.2 Å². The summed E-state index contributed by atoms with van der Waals surface area (Å²) >= 11 is 3.37. The van der Waals surface area contributed by atoms with Crippen LogP contribution in [0.1, 0.15) is 23.6 Å². The number of nitrogens with one attached hydrogen (secondary N) is 2. The zero-order valence-corrected chi connectivity index (χ0v) is 18.8. The van der Waals surface area contributed by atoms with E-state index < -0.39 is 17.7 Å². The monoisotopic (exact) mass is 497 g/mol. The molecule has 1 atom stereocenters. The fraction of sp³-hybridized carbons (Fsp3) is 0.167. The maximum atomic E-state index is 13.4. The summed E-state index contributed by atoms with van der Waals surface area (Å²) in [5.74, 6) is -1.17. The molecular formula is C24H21BrFN3O3. The van der Waals surface area contributed by atoms with Crippen LogP contribution in [0.2, 0.25) is 0 Å². The number of rotatable bonds is 5. The van der Waals surface area contributed by atoms with Crippen LogP contribution in [0.15, 0.2) is 71.2 Å². The molecule has 1 aliphatic heterocycles. The topological polar surface area (TPSA) is 81.7 Å². The number of aliphatic hydroxyl groups is 1. The molecule has 0 bridgehead atoms. The molecule has 8 heteroatoms. The number of benzene rings is 3. The van der Waals surface area contributed by atoms with Crippen LogP contribution < -0.4 is 15.5 Å². The maximum absolute atomic E-state index is 13.4. The summed E-state index contributed by atoms with van der Waals surface area (Å²) in [6, 6.07) is 17.0. The van der Waals surface area contributed by atoms with Gasteiger partial charge in [0.15, 0.2) is 0 Å². The number of carbonyl (C=O) groups is 2. The van der Waals surface area contributed by atoms with Crippen molar-refractivity contribution in [3.63, 3.8) is 0 Å². The van der Waals surface area contributed by atoms with E-state index >= 15 is 0 Å². The first-order valence-corrected chi connectivity index (χ1v) is 10.9. The van der Waals surface area contributed by atoms with E-state index in [1.54, 1.807) is 42.5 Å². The van der Waals surface area contributed by atoms with E-state index in [9.17, 15) is 19.1 Å². The number of halogens is 2. The van der Waals surface area contributed by atoms with Crippen molar-refractivity contribution in [3.8, 4) is 0 Å². The Bertz CT molecular complexity index is 1170. The second-order valence-electron chi connectivity index (χ2n) is 7.46. The number of fused-ring (bicyclic) bond motifs is 1. The third kappa shape index (κ3) is 3.99. The van der Waals surface area contributed by atoms with E-state index in [2.05, 4.69) is 26.6 Å². The summed E-state index contributed by atoms with van der Waals surface area (Å²) in [6.45, 7) is 2.06. The second kappa shape index (κ2) is 8.72. The molecule has 6 nitrogen and oxygen atoms in total. The summed E-state index contributed by atoms with van der Waals surface area (Å²) in [4.78, 5) is 27.5. The highest BCUT2D eigenvalue weighted by atomic mass is 79.9. The van der Waals surface area contributed by atoms with Crippen molar-refractivity contribution in [1.82, 2.24) is 5.32 Å². The van der Waals surface area contributed by atoms with Crippen LogP contribution in [0.25, 0.3) is 0 Å². The summed E-state index contributed by atoms with van der Waals surface area (Å²) in [7, 11) is 0. The number of anilines is 2. The zero-order chi connectivity index (χ0) is 22.9. The largest absolute Gasteiger partial charge is 0.359 e. The number of amides is 3. The first kappa shape index (κ1) is 22.0. The van der Waals surface area contributed by atoms with Gasteiger partial charge in [0.1, 0.15) is 5.82 Å². The maximum Gasteiger partial charge on any atom is 0.329 e. The molecule has 0 spiro atoms. The van der Waals surface area contributed by atoms with Crippen LogP contribution in [0, 0.1) is 5.82 Å². The lowest BCUT2D eigenvalue weighted by Crippen LogP contribution is -2.62. The highest BCUT2D eigenvalue weighted by Crippen LogP contribution is 2.41. The van der Waals surface area contributed by atoms with Gasteiger partial charge in [0.25, 0.3) is 11.6 Å². The number of aryl methyl sites for hydroxylation is 1. The van der Waals surface area contributed by atoms with Gasteiger partial charge in [-0.3, -0.25) is 9.69 Å². The smallest absolute Gasteiger partial charge is 0.329 e. The Morgan fingerprint density at radius 1 is 1.09 bits per heavy atom. The van der Waals surface area contributed by atoms with Crippen LogP contribution in [-0.4, -0.2) is 17.0 Å². The number of nitrogens with zero attached hydrogens (tertiary/aromatic N) is 1. The van der Waals surface area contributed by atoms with E-state index in [1.165, 1.54) is 12.1 Å². The lowest BCUT2D eigenvalue weighted by atomic mass is 9.94. The van der Waals surface area contributed by atoms with Crippen molar-refractivity contribution < 1.29 is 19.1 Å². The molecule has 0 saturated heterocycles. The van der Waals surface area contributed by atoms with Crippen molar-refractivity contribution in [3.05, 3.63) is 93.7 Å². The van der Waals surface area contributed by atoms with Gasteiger partial charge in [0.2, 0.25) is 0 Å². The van der Waals surface area contributed by atoms with Gasteiger partial charge in [-0.1, -0.05) is 47.1 Å². The lowest BCUT2D eigenvalue weighted by Gasteiger charge is -2.42. The predicted octanol–water partition coefficient (Wildman–Crippen LogP) is 4.66. The minimum atomic E-state index is -2.31. The van der Waals surface area contributed by atoms with Gasteiger partial charge in [-0.05, 0) is 60.0 Å². The summed E-state index contributed by atoms with van der Waals surface area (Å²) in [5, 5.41) is 17.2.